The minimum absolute atomic E-state index is 0.0878. The Morgan fingerprint density at radius 3 is 2.50 bits per heavy atom. The third-order valence-electron chi connectivity index (χ3n) is 3.26. The molecule has 0 aliphatic carbocycles. The maximum Gasteiger partial charge on any atom is 0.340 e. The molecule has 1 amide bonds. The molecule has 0 aromatic heterocycles. The van der Waals surface area contributed by atoms with Gasteiger partial charge in [-0.3, -0.25) is 4.79 Å². The Morgan fingerprint density at radius 1 is 1.04 bits per heavy atom. The van der Waals surface area contributed by atoms with Gasteiger partial charge in [0.2, 0.25) is 0 Å². The lowest BCUT2D eigenvalue weighted by molar-refractivity contribution is -0.124. The van der Waals surface area contributed by atoms with E-state index in [-0.39, 0.29) is 28.8 Å². The van der Waals surface area contributed by atoms with Crippen LogP contribution in [0.5, 0.6) is 11.5 Å². The zero-order chi connectivity index (χ0) is 18.9. The Kier molecular flexibility index (Phi) is 7.56. The van der Waals surface area contributed by atoms with Gasteiger partial charge in [0.05, 0.1) is 29.3 Å². The van der Waals surface area contributed by atoms with E-state index in [1.54, 1.807) is 31.4 Å². The molecule has 0 saturated carbocycles. The summed E-state index contributed by atoms with van der Waals surface area (Å²) in [4.78, 5) is 23.7. The van der Waals surface area contributed by atoms with Gasteiger partial charge in [-0.2, -0.15) is 0 Å². The second-order valence-corrected chi connectivity index (χ2v) is 5.81. The third-order valence-corrected chi connectivity index (χ3v) is 4.08. The van der Waals surface area contributed by atoms with E-state index in [9.17, 15) is 9.59 Å². The van der Waals surface area contributed by atoms with Crippen LogP contribution in [0.3, 0.4) is 0 Å². The van der Waals surface area contributed by atoms with Crippen molar-refractivity contribution in [3.63, 3.8) is 0 Å². The second kappa shape index (κ2) is 9.89. The Balaban J connectivity index is 1.72. The van der Waals surface area contributed by atoms with Crippen molar-refractivity contribution in [1.82, 2.24) is 5.32 Å². The fourth-order valence-electron chi connectivity index (χ4n) is 2.01. The summed E-state index contributed by atoms with van der Waals surface area (Å²) in [6, 6.07) is 11.8. The largest absolute Gasteiger partial charge is 0.493 e. The molecule has 1 N–H and O–H groups in total. The van der Waals surface area contributed by atoms with Gasteiger partial charge < -0.3 is 19.5 Å². The van der Waals surface area contributed by atoms with Gasteiger partial charge in [0.25, 0.3) is 5.91 Å². The number of hydrogen-bond donors (Lipinski definition) is 1. The number of carbonyl (C=O) groups excluding carboxylic acids is 2. The van der Waals surface area contributed by atoms with Crippen LogP contribution in [-0.4, -0.2) is 38.7 Å². The lowest BCUT2D eigenvalue weighted by atomic mass is 10.2. The van der Waals surface area contributed by atoms with Crippen LogP contribution in [-0.2, 0) is 9.53 Å². The fourth-order valence-corrected chi connectivity index (χ4v) is 2.39. The van der Waals surface area contributed by atoms with Gasteiger partial charge in [-0.15, -0.1) is 0 Å². The molecule has 138 valence electrons. The Hall–Kier alpha value is -2.44. The molecule has 8 heteroatoms. The van der Waals surface area contributed by atoms with Gasteiger partial charge >= 0.3 is 5.97 Å². The van der Waals surface area contributed by atoms with Crippen molar-refractivity contribution < 1.29 is 23.8 Å². The highest BCUT2D eigenvalue weighted by atomic mass is 35.5. The standard InChI is InChI=1S/C18H17Cl2NO5/c1-24-14-7-2-3-8-15(14)25-10-9-21-16(22)11-26-18(23)12-5-4-6-13(19)17(12)20/h2-8H,9-11H2,1H3,(H,21,22). The van der Waals surface area contributed by atoms with Crippen LogP contribution in [0.15, 0.2) is 42.5 Å². The monoisotopic (exact) mass is 397 g/mol. The summed E-state index contributed by atoms with van der Waals surface area (Å²) in [7, 11) is 1.55. The SMILES string of the molecule is COc1ccccc1OCCNC(=O)COC(=O)c1cccc(Cl)c1Cl. The molecule has 2 aromatic rings. The lowest BCUT2D eigenvalue weighted by Crippen LogP contribution is -2.32. The number of ether oxygens (including phenoxy) is 3. The minimum atomic E-state index is -0.724. The summed E-state index contributed by atoms with van der Waals surface area (Å²) >= 11 is 11.8. The predicted octanol–water partition coefficient (Wildman–Crippen LogP) is 3.35. The van der Waals surface area contributed by atoms with Gasteiger partial charge in [-0.25, -0.2) is 4.79 Å². The number of carbonyl (C=O) groups is 2. The highest BCUT2D eigenvalue weighted by Crippen LogP contribution is 2.26. The van der Waals surface area contributed by atoms with Gasteiger partial charge in [0, 0.05) is 0 Å². The number of nitrogens with one attached hydrogen (secondary N) is 1. The van der Waals surface area contributed by atoms with E-state index in [1.165, 1.54) is 6.07 Å². The van der Waals surface area contributed by atoms with Crippen LogP contribution in [0.4, 0.5) is 0 Å². The van der Waals surface area contributed by atoms with Crippen LogP contribution >= 0.6 is 23.2 Å². The summed E-state index contributed by atoms with van der Waals surface area (Å²) in [6.07, 6.45) is 0. The molecule has 0 radical (unpaired) electrons. The van der Waals surface area contributed by atoms with E-state index in [0.29, 0.717) is 11.5 Å². The first-order chi connectivity index (χ1) is 12.5. The minimum Gasteiger partial charge on any atom is -0.493 e. The third kappa shape index (κ3) is 5.54. The quantitative estimate of drug-likeness (QED) is 0.545. The maximum absolute atomic E-state index is 11.9. The van der Waals surface area contributed by atoms with Crippen molar-refractivity contribution in [1.29, 1.82) is 0 Å². The van der Waals surface area contributed by atoms with Crippen molar-refractivity contribution >= 4 is 35.1 Å². The smallest absolute Gasteiger partial charge is 0.340 e. The summed E-state index contributed by atoms with van der Waals surface area (Å²) in [5, 5.41) is 2.91. The molecule has 0 aliphatic heterocycles. The highest BCUT2D eigenvalue weighted by Gasteiger charge is 2.15. The normalized spacial score (nSPS) is 10.1. The molecular formula is C18H17Cl2NO5. The first-order valence-electron chi connectivity index (χ1n) is 7.66. The van der Waals surface area contributed by atoms with E-state index in [2.05, 4.69) is 5.32 Å². The number of amides is 1. The molecule has 2 aromatic carbocycles. The second-order valence-electron chi connectivity index (χ2n) is 5.03. The Morgan fingerprint density at radius 2 is 1.77 bits per heavy atom. The van der Waals surface area contributed by atoms with E-state index < -0.39 is 18.5 Å². The number of hydrogen-bond acceptors (Lipinski definition) is 5. The molecule has 0 unspecified atom stereocenters. The average Bonchev–Trinajstić information content (AvgIpc) is 2.65. The zero-order valence-corrected chi connectivity index (χ0v) is 15.5. The first-order valence-corrected chi connectivity index (χ1v) is 8.42. The van der Waals surface area contributed by atoms with Crippen LogP contribution in [0.1, 0.15) is 10.4 Å². The Bertz CT molecular complexity index is 782. The molecule has 26 heavy (non-hydrogen) atoms. The molecule has 0 aliphatic rings. The van der Waals surface area contributed by atoms with E-state index in [4.69, 9.17) is 37.4 Å². The molecule has 0 bridgehead atoms. The molecule has 0 fully saturated rings. The first kappa shape index (κ1) is 19.9. The molecule has 2 rings (SSSR count). The zero-order valence-electron chi connectivity index (χ0n) is 14.0. The molecular weight excluding hydrogens is 381 g/mol. The van der Waals surface area contributed by atoms with Crippen molar-refractivity contribution in [3.05, 3.63) is 58.1 Å². The van der Waals surface area contributed by atoms with Crippen LogP contribution in [0.2, 0.25) is 10.0 Å². The number of methoxy groups -OCH3 is 1. The number of para-hydroxylation sites is 2. The number of benzene rings is 2. The maximum atomic E-state index is 11.9. The highest BCUT2D eigenvalue weighted by molar-refractivity contribution is 6.43. The van der Waals surface area contributed by atoms with E-state index in [1.807, 2.05) is 12.1 Å². The lowest BCUT2D eigenvalue weighted by Gasteiger charge is -2.11. The van der Waals surface area contributed by atoms with Crippen molar-refractivity contribution in [2.24, 2.45) is 0 Å². The molecule has 0 atom stereocenters. The molecule has 0 spiro atoms. The van der Waals surface area contributed by atoms with Crippen LogP contribution in [0.25, 0.3) is 0 Å². The predicted molar refractivity (Wildman–Crippen MR) is 98.2 cm³/mol. The summed E-state index contributed by atoms with van der Waals surface area (Å²) < 4.78 is 15.6. The van der Waals surface area contributed by atoms with Gasteiger partial charge in [-0.1, -0.05) is 41.4 Å². The topological polar surface area (TPSA) is 73.9 Å². The Labute approximate surface area is 160 Å². The van der Waals surface area contributed by atoms with E-state index in [0.717, 1.165) is 0 Å². The molecule has 0 heterocycles. The summed E-state index contributed by atoms with van der Waals surface area (Å²) in [5.41, 5.74) is 0.103. The average molecular weight is 398 g/mol. The summed E-state index contributed by atoms with van der Waals surface area (Å²) in [6.45, 7) is 0.0445. The van der Waals surface area contributed by atoms with Gasteiger partial charge in [0.1, 0.15) is 6.61 Å². The van der Waals surface area contributed by atoms with Crippen LogP contribution < -0.4 is 14.8 Å². The number of halogens is 2. The van der Waals surface area contributed by atoms with Crippen LogP contribution in [0, 0.1) is 0 Å². The van der Waals surface area contributed by atoms with Crippen molar-refractivity contribution in [3.8, 4) is 11.5 Å². The van der Waals surface area contributed by atoms with E-state index >= 15 is 0 Å². The number of esters is 1. The number of rotatable bonds is 8. The summed E-state index contributed by atoms with van der Waals surface area (Å²) in [5.74, 6) is -0.00418. The van der Waals surface area contributed by atoms with Gasteiger partial charge in [0.15, 0.2) is 18.1 Å². The van der Waals surface area contributed by atoms with Crippen molar-refractivity contribution in [2.45, 2.75) is 0 Å². The molecule has 6 nitrogen and oxygen atoms in total. The molecule has 0 saturated heterocycles. The van der Waals surface area contributed by atoms with Gasteiger partial charge in [-0.05, 0) is 24.3 Å². The van der Waals surface area contributed by atoms with Crippen molar-refractivity contribution in [2.75, 3.05) is 26.9 Å². The fraction of sp³-hybridized carbons (Fsp3) is 0.222.